The summed E-state index contributed by atoms with van der Waals surface area (Å²) in [6.45, 7) is 5.13. The summed E-state index contributed by atoms with van der Waals surface area (Å²) in [5, 5.41) is 2.99. The van der Waals surface area contributed by atoms with Gasteiger partial charge in [-0.15, -0.1) is 0 Å². The molecule has 0 unspecified atom stereocenters. The molecule has 7 heteroatoms. The van der Waals surface area contributed by atoms with Crippen molar-refractivity contribution in [1.29, 1.82) is 0 Å². The van der Waals surface area contributed by atoms with Crippen LogP contribution in [0.1, 0.15) is 11.1 Å². The Morgan fingerprint density at radius 3 is 2.53 bits per heavy atom. The van der Waals surface area contributed by atoms with Gasteiger partial charge in [-0.25, -0.2) is 19.2 Å². The van der Waals surface area contributed by atoms with E-state index in [-0.39, 0.29) is 11.8 Å². The molecule has 0 aliphatic carbocycles. The number of nitrogens with one attached hydrogen (secondary N) is 1. The number of aryl methyl sites for hydroxylation is 1. The Labute approximate surface area is 175 Å². The van der Waals surface area contributed by atoms with E-state index in [9.17, 15) is 9.18 Å². The third kappa shape index (κ3) is 4.74. The smallest absolute Gasteiger partial charge is 0.317 e. The first-order valence-electron chi connectivity index (χ1n) is 10.00. The highest BCUT2D eigenvalue weighted by Crippen LogP contribution is 2.22. The standard InChI is InChI=1S/C23H24FN5O/c1-17-5-7-18(8-6-17)15-25-23(30)29-11-9-28(10-12-29)22-14-21(26-16-27-22)19-3-2-4-20(24)13-19/h2-8,13-14,16H,9-12,15H2,1H3,(H,25,30). The lowest BCUT2D eigenvalue weighted by molar-refractivity contribution is 0.194. The Bertz CT molecular complexity index is 1020. The minimum atomic E-state index is -0.294. The van der Waals surface area contributed by atoms with E-state index < -0.39 is 0 Å². The number of nitrogens with zero attached hydrogens (tertiary/aromatic N) is 4. The number of rotatable bonds is 4. The summed E-state index contributed by atoms with van der Waals surface area (Å²) in [4.78, 5) is 25.1. The average Bonchev–Trinajstić information content (AvgIpc) is 2.79. The maximum Gasteiger partial charge on any atom is 0.317 e. The van der Waals surface area contributed by atoms with Crippen molar-refractivity contribution >= 4 is 11.8 Å². The first-order valence-corrected chi connectivity index (χ1v) is 10.00. The molecule has 1 fully saturated rings. The highest BCUT2D eigenvalue weighted by Gasteiger charge is 2.22. The van der Waals surface area contributed by atoms with Crippen LogP contribution in [-0.4, -0.2) is 47.1 Å². The molecule has 0 saturated carbocycles. The summed E-state index contributed by atoms with van der Waals surface area (Å²) in [5.74, 6) is 0.488. The van der Waals surface area contributed by atoms with Gasteiger partial charge in [0.1, 0.15) is 18.0 Å². The SMILES string of the molecule is Cc1ccc(CNC(=O)N2CCN(c3cc(-c4cccc(F)c4)ncn3)CC2)cc1. The second kappa shape index (κ2) is 8.90. The number of carbonyl (C=O) groups excluding carboxylic acids is 1. The second-order valence-corrected chi connectivity index (χ2v) is 7.39. The van der Waals surface area contributed by atoms with Crippen molar-refractivity contribution in [3.8, 4) is 11.3 Å². The van der Waals surface area contributed by atoms with E-state index in [2.05, 4.69) is 20.2 Å². The van der Waals surface area contributed by atoms with Crippen molar-refractivity contribution in [3.63, 3.8) is 0 Å². The number of halogens is 1. The maximum atomic E-state index is 13.5. The molecular weight excluding hydrogens is 381 g/mol. The van der Waals surface area contributed by atoms with E-state index in [1.165, 1.54) is 24.0 Å². The second-order valence-electron chi connectivity index (χ2n) is 7.39. The lowest BCUT2D eigenvalue weighted by atomic mass is 10.1. The van der Waals surface area contributed by atoms with Crippen LogP contribution in [0, 0.1) is 12.7 Å². The summed E-state index contributed by atoms with van der Waals surface area (Å²) < 4.78 is 13.5. The molecule has 1 saturated heterocycles. The fourth-order valence-corrected chi connectivity index (χ4v) is 3.46. The predicted molar refractivity (Wildman–Crippen MR) is 115 cm³/mol. The summed E-state index contributed by atoms with van der Waals surface area (Å²) in [6.07, 6.45) is 1.50. The van der Waals surface area contributed by atoms with Crippen molar-refractivity contribution in [2.24, 2.45) is 0 Å². The molecule has 154 valence electrons. The third-order valence-electron chi connectivity index (χ3n) is 5.23. The number of hydrogen-bond donors (Lipinski definition) is 1. The lowest BCUT2D eigenvalue weighted by Gasteiger charge is -2.35. The first-order chi connectivity index (χ1) is 14.6. The number of piperazine rings is 1. The Morgan fingerprint density at radius 1 is 1.03 bits per heavy atom. The highest BCUT2D eigenvalue weighted by atomic mass is 19.1. The minimum Gasteiger partial charge on any atom is -0.353 e. The summed E-state index contributed by atoms with van der Waals surface area (Å²) in [5.41, 5.74) is 3.68. The third-order valence-corrected chi connectivity index (χ3v) is 5.23. The average molecular weight is 405 g/mol. The normalized spacial score (nSPS) is 13.9. The molecule has 0 radical (unpaired) electrons. The number of anilines is 1. The van der Waals surface area contributed by atoms with Crippen molar-refractivity contribution in [2.75, 3.05) is 31.1 Å². The highest BCUT2D eigenvalue weighted by molar-refractivity contribution is 5.74. The quantitative estimate of drug-likeness (QED) is 0.720. The van der Waals surface area contributed by atoms with Crippen molar-refractivity contribution in [2.45, 2.75) is 13.5 Å². The number of carbonyl (C=O) groups is 1. The van der Waals surface area contributed by atoms with E-state index in [4.69, 9.17) is 0 Å². The summed E-state index contributed by atoms with van der Waals surface area (Å²) in [7, 11) is 0. The van der Waals surface area contributed by atoms with Crippen LogP contribution in [0.3, 0.4) is 0 Å². The predicted octanol–water partition coefficient (Wildman–Crippen LogP) is 3.62. The molecule has 1 aliphatic heterocycles. The topological polar surface area (TPSA) is 61.4 Å². The first kappa shape index (κ1) is 19.8. The van der Waals surface area contributed by atoms with Crippen LogP contribution in [0.4, 0.5) is 15.0 Å². The summed E-state index contributed by atoms with van der Waals surface area (Å²) in [6, 6.07) is 16.3. The zero-order valence-electron chi connectivity index (χ0n) is 16.9. The number of benzene rings is 2. The largest absolute Gasteiger partial charge is 0.353 e. The van der Waals surface area contributed by atoms with Gasteiger partial charge < -0.3 is 15.1 Å². The molecule has 2 amide bonds. The fourth-order valence-electron chi connectivity index (χ4n) is 3.46. The van der Waals surface area contributed by atoms with Gasteiger partial charge in [-0.05, 0) is 24.6 Å². The molecule has 1 N–H and O–H groups in total. The van der Waals surface area contributed by atoms with Crippen molar-refractivity contribution in [3.05, 3.63) is 77.9 Å². The molecule has 1 aliphatic rings. The van der Waals surface area contributed by atoms with Crippen LogP contribution in [-0.2, 0) is 6.54 Å². The van der Waals surface area contributed by atoms with Crippen LogP contribution in [0.15, 0.2) is 60.9 Å². The van der Waals surface area contributed by atoms with Crippen LogP contribution >= 0.6 is 0 Å². The Kier molecular flexibility index (Phi) is 5.88. The molecular formula is C23H24FN5O. The van der Waals surface area contributed by atoms with Gasteiger partial charge in [0.15, 0.2) is 0 Å². The van der Waals surface area contributed by atoms with E-state index in [1.54, 1.807) is 6.07 Å². The Balaban J connectivity index is 1.33. The molecule has 4 rings (SSSR count). The van der Waals surface area contributed by atoms with Crippen molar-refractivity contribution < 1.29 is 9.18 Å². The Morgan fingerprint density at radius 2 is 1.80 bits per heavy atom. The van der Waals surface area contributed by atoms with E-state index in [0.717, 1.165) is 11.4 Å². The summed E-state index contributed by atoms with van der Waals surface area (Å²) >= 11 is 0. The molecule has 0 spiro atoms. The van der Waals surface area contributed by atoms with Gasteiger partial charge in [0.05, 0.1) is 5.69 Å². The molecule has 2 heterocycles. The minimum absolute atomic E-state index is 0.0571. The fraction of sp³-hybridized carbons (Fsp3) is 0.261. The maximum absolute atomic E-state index is 13.5. The molecule has 2 aromatic carbocycles. The van der Waals surface area contributed by atoms with Crippen molar-refractivity contribution in [1.82, 2.24) is 20.2 Å². The number of urea groups is 1. The van der Waals surface area contributed by atoms with E-state index in [0.29, 0.717) is 44.0 Å². The van der Waals surface area contributed by atoms with Gasteiger partial charge in [-0.1, -0.05) is 42.0 Å². The molecule has 6 nitrogen and oxygen atoms in total. The van der Waals surface area contributed by atoms with Gasteiger partial charge in [0.25, 0.3) is 0 Å². The van der Waals surface area contributed by atoms with Gasteiger partial charge in [-0.2, -0.15) is 0 Å². The number of amides is 2. The van der Waals surface area contributed by atoms with E-state index in [1.807, 2.05) is 48.2 Å². The zero-order valence-corrected chi connectivity index (χ0v) is 16.9. The zero-order chi connectivity index (χ0) is 20.9. The Hall–Kier alpha value is -3.48. The molecule has 1 aromatic heterocycles. The van der Waals surface area contributed by atoms with Crippen LogP contribution in [0.5, 0.6) is 0 Å². The van der Waals surface area contributed by atoms with Crippen LogP contribution < -0.4 is 10.2 Å². The monoisotopic (exact) mass is 405 g/mol. The van der Waals surface area contributed by atoms with Gasteiger partial charge in [0.2, 0.25) is 0 Å². The molecule has 3 aromatic rings. The number of hydrogen-bond acceptors (Lipinski definition) is 4. The van der Waals surface area contributed by atoms with Gasteiger partial charge in [-0.3, -0.25) is 0 Å². The van der Waals surface area contributed by atoms with E-state index >= 15 is 0 Å². The van der Waals surface area contributed by atoms with Gasteiger partial charge in [0, 0.05) is 44.4 Å². The molecule has 0 atom stereocenters. The molecule has 30 heavy (non-hydrogen) atoms. The van der Waals surface area contributed by atoms with Gasteiger partial charge >= 0.3 is 6.03 Å². The van der Waals surface area contributed by atoms with Crippen LogP contribution in [0.2, 0.25) is 0 Å². The number of aromatic nitrogens is 2. The van der Waals surface area contributed by atoms with Crippen LogP contribution in [0.25, 0.3) is 11.3 Å². The lowest BCUT2D eigenvalue weighted by Crippen LogP contribution is -2.51. The molecule has 0 bridgehead atoms.